The van der Waals surface area contributed by atoms with E-state index in [-0.39, 0.29) is 0 Å². The first-order chi connectivity index (χ1) is 8.25. The fourth-order valence-corrected chi connectivity index (χ4v) is 3.09. The molecular formula is C14H29N3. The average molecular weight is 239 g/mol. The molecule has 2 aliphatic rings. The Balaban J connectivity index is 1.53. The summed E-state index contributed by atoms with van der Waals surface area (Å²) in [6, 6.07) is 1.51. The average Bonchev–Trinajstić information content (AvgIpc) is 2.82. The van der Waals surface area contributed by atoms with Crippen molar-refractivity contribution in [2.75, 3.05) is 39.8 Å². The predicted molar refractivity (Wildman–Crippen MR) is 73.4 cm³/mol. The molecule has 2 aliphatic heterocycles. The van der Waals surface area contributed by atoms with Crippen LogP contribution < -0.4 is 5.32 Å². The first-order valence-electron chi connectivity index (χ1n) is 7.41. The number of nitrogens with one attached hydrogen (secondary N) is 1. The highest BCUT2D eigenvalue weighted by molar-refractivity contribution is 4.81. The standard InChI is InChI=1S/C14H29N3/c1-13-12-14(6-11-16(13)2)15-7-5-10-17-8-3-4-9-17/h13-15H,3-12H2,1-2H3. The van der Waals surface area contributed by atoms with Crippen LogP contribution in [0.4, 0.5) is 0 Å². The Morgan fingerprint density at radius 1 is 1.18 bits per heavy atom. The van der Waals surface area contributed by atoms with Crippen LogP contribution in [0.3, 0.4) is 0 Å². The second kappa shape index (κ2) is 6.72. The minimum Gasteiger partial charge on any atom is -0.314 e. The summed E-state index contributed by atoms with van der Waals surface area (Å²) in [7, 11) is 2.24. The normalized spacial score (nSPS) is 32.1. The SMILES string of the molecule is CC1CC(NCCCN2CCCC2)CCN1C. The molecule has 2 heterocycles. The second-order valence-corrected chi connectivity index (χ2v) is 5.91. The van der Waals surface area contributed by atoms with Crippen LogP contribution in [0.15, 0.2) is 0 Å². The summed E-state index contributed by atoms with van der Waals surface area (Å²) < 4.78 is 0. The summed E-state index contributed by atoms with van der Waals surface area (Å²) in [6.45, 7) is 8.78. The third-order valence-electron chi connectivity index (χ3n) is 4.49. The molecule has 2 unspecified atom stereocenters. The minimum absolute atomic E-state index is 0.750. The van der Waals surface area contributed by atoms with Gasteiger partial charge in [-0.25, -0.2) is 0 Å². The molecule has 2 saturated heterocycles. The van der Waals surface area contributed by atoms with Gasteiger partial charge in [0.2, 0.25) is 0 Å². The maximum atomic E-state index is 3.74. The van der Waals surface area contributed by atoms with Gasteiger partial charge in [-0.3, -0.25) is 0 Å². The van der Waals surface area contributed by atoms with Crippen molar-refractivity contribution >= 4 is 0 Å². The monoisotopic (exact) mass is 239 g/mol. The van der Waals surface area contributed by atoms with Gasteiger partial charge in [-0.15, -0.1) is 0 Å². The number of nitrogens with zero attached hydrogens (tertiary/aromatic N) is 2. The molecule has 2 atom stereocenters. The van der Waals surface area contributed by atoms with Crippen LogP contribution in [0.1, 0.15) is 39.0 Å². The van der Waals surface area contributed by atoms with Gasteiger partial charge < -0.3 is 15.1 Å². The largest absolute Gasteiger partial charge is 0.314 e. The number of hydrogen-bond donors (Lipinski definition) is 1. The van der Waals surface area contributed by atoms with Gasteiger partial charge in [-0.05, 0) is 78.8 Å². The van der Waals surface area contributed by atoms with Crippen molar-refractivity contribution in [3.63, 3.8) is 0 Å². The zero-order valence-corrected chi connectivity index (χ0v) is 11.6. The quantitative estimate of drug-likeness (QED) is 0.734. The van der Waals surface area contributed by atoms with Gasteiger partial charge in [0.25, 0.3) is 0 Å². The molecule has 2 fully saturated rings. The lowest BCUT2D eigenvalue weighted by Crippen LogP contribution is -2.46. The lowest BCUT2D eigenvalue weighted by molar-refractivity contribution is 0.168. The van der Waals surface area contributed by atoms with Crippen LogP contribution in [-0.4, -0.2) is 61.7 Å². The summed E-state index contributed by atoms with van der Waals surface area (Å²) >= 11 is 0. The Labute approximate surface area is 107 Å². The molecule has 0 aromatic rings. The Morgan fingerprint density at radius 3 is 2.65 bits per heavy atom. The van der Waals surface area contributed by atoms with Crippen molar-refractivity contribution in [2.45, 2.75) is 51.1 Å². The van der Waals surface area contributed by atoms with Crippen LogP contribution in [0, 0.1) is 0 Å². The van der Waals surface area contributed by atoms with E-state index in [1.165, 1.54) is 64.8 Å². The van der Waals surface area contributed by atoms with E-state index in [0.29, 0.717) is 0 Å². The number of rotatable bonds is 5. The zero-order chi connectivity index (χ0) is 12.1. The van der Waals surface area contributed by atoms with Crippen LogP contribution in [0.25, 0.3) is 0 Å². The number of hydrogen-bond acceptors (Lipinski definition) is 3. The zero-order valence-electron chi connectivity index (χ0n) is 11.6. The lowest BCUT2D eigenvalue weighted by atomic mass is 9.99. The van der Waals surface area contributed by atoms with E-state index < -0.39 is 0 Å². The lowest BCUT2D eigenvalue weighted by Gasteiger charge is -2.35. The molecule has 100 valence electrons. The molecule has 3 heteroatoms. The van der Waals surface area contributed by atoms with E-state index in [9.17, 15) is 0 Å². The summed E-state index contributed by atoms with van der Waals surface area (Å²) in [4.78, 5) is 5.08. The molecule has 0 aromatic heterocycles. The fourth-order valence-electron chi connectivity index (χ4n) is 3.09. The first-order valence-corrected chi connectivity index (χ1v) is 7.41. The molecule has 2 rings (SSSR count). The van der Waals surface area contributed by atoms with Gasteiger partial charge in [0.1, 0.15) is 0 Å². The highest BCUT2D eigenvalue weighted by Gasteiger charge is 2.21. The van der Waals surface area contributed by atoms with Gasteiger partial charge in [0, 0.05) is 12.1 Å². The Bertz CT molecular complexity index is 214. The van der Waals surface area contributed by atoms with Gasteiger partial charge in [-0.2, -0.15) is 0 Å². The maximum absolute atomic E-state index is 3.74. The molecule has 0 aromatic carbocycles. The summed E-state index contributed by atoms with van der Waals surface area (Å²) in [5.74, 6) is 0. The molecule has 0 amide bonds. The molecule has 0 radical (unpaired) electrons. The van der Waals surface area contributed by atoms with E-state index in [1.807, 2.05) is 0 Å². The van der Waals surface area contributed by atoms with Gasteiger partial charge in [0.05, 0.1) is 0 Å². The summed E-state index contributed by atoms with van der Waals surface area (Å²) in [6.07, 6.45) is 6.80. The highest BCUT2D eigenvalue weighted by atomic mass is 15.2. The topological polar surface area (TPSA) is 18.5 Å². The smallest absolute Gasteiger partial charge is 0.00940 e. The molecule has 0 aliphatic carbocycles. The van der Waals surface area contributed by atoms with E-state index in [2.05, 4.69) is 29.1 Å². The fraction of sp³-hybridized carbons (Fsp3) is 1.00. The van der Waals surface area contributed by atoms with E-state index in [0.717, 1.165) is 12.1 Å². The van der Waals surface area contributed by atoms with Crippen molar-refractivity contribution in [3.05, 3.63) is 0 Å². The Kier molecular flexibility index (Phi) is 5.26. The van der Waals surface area contributed by atoms with Crippen molar-refractivity contribution < 1.29 is 0 Å². The molecule has 3 nitrogen and oxygen atoms in total. The predicted octanol–water partition coefficient (Wildman–Crippen LogP) is 1.54. The highest BCUT2D eigenvalue weighted by Crippen LogP contribution is 2.15. The van der Waals surface area contributed by atoms with Crippen molar-refractivity contribution in [3.8, 4) is 0 Å². The molecular weight excluding hydrogens is 210 g/mol. The van der Waals surface area contributed by atoms with Crippen LogP contribution in [0.2, 0.25) is 0 Å². The molecule has 0 bridgehead atoms. The molecule has 0 saturated carbocycles. The van der Waals surface area contributed by atoms with Crippen molar-refractivity contribution in [1.82, 2.24) is 15.1 Å². The maximum Gasteiger partial charge on any atom is 0.00940 e. The van der Waals surface area contributed by atoms with E-state index in [1.54, 1.807) is 0 Å². The van der Waals surface area contributed by atoms with Crippen molar-refractivity contribution in [2.24, 2.45) is 0 Å². The van der Waals surface area contributed by atoms with Crippen LogP contribution in [0.5, 0.6) is 0 Å². The number of piperidine rings is 1. The molecule has 17 heavy (non-hydrogen) atoms. The van der Waals surface area contributed by atoms with Crippen LogP contribution in [-0.2, 0) is 0 Å². The second-order valence-electron chi connectivity index (χ2n) is 5.91. The van der Waals surface area contributed by atoms with E-state index >= 15 is 0 Å². The molecule has 1 N–H and O–H groups in total. The first kappa shape index (κ1) is 13.3. The van der Waals surface area contributed by atoms with Crippen molar-refractivity contribution in [1.29, 1.82) is 0 Å². The van der Waals surface area contributed by atoms with Gasteiger partial charge in [-0.1, -0.05) is 0 Å². The Morgan fingerprint density at radius 2 is 1.94 bits per heavy atom. The Hall–Kier alpha value is -0.120. The van der Waals surface area contributed by atoms with E-state index in [4.69, 9.17) is 0 Å². The summed E-state index contributed by atoms with van der Waals surface area (Å²) in [5, 5.41) is 3.74. The third-order valence-corrected chi connectivity index (χ3v) is 4.49. The third kappa shape index (κ3) is 4.23. The van der Waals surface area contributed by atoms with Gasteiger partial charge in [0.15, 0.2) is 0 Å². The number of likely N-dealkylation sites (tertiary alicyclic amines) is 2. The van der Waals surface area contributed by atoms with Crippen LogP contribution >= 0.6 is 0 Å². The minimum atomic E-state index is 0.750. The molecule has 0 spiro atoms. The van der Waals surface area contributed by atoms with Gasteiger partial charge >= 0.3 is 0 Å². The summed E-state index contributed by atoms with van der Waals surface area (Å²) in [5.41, 5.74) is 0.